The summed E-state index contributed by atoms with van der Waals surface area (Å²) in [5, 5.41) is 8.63. The molecule has 0 aliphatic rings. The first kappa shape index (κ1) is 14.3. The van der Waals surface area contributed by atoms with Crippen LogP contribution >= 0.6 is 22.9 Å². The number of thiophene rings is 1. The standard InChI is InChI=1S/C15H14ClN3OS/c1-9(10-4-5-21-8-10)17-7-14-18-13-6-11(16)2-3-12(13)15(20)19-14/h2-6,8-9,17H,7H2,1H3,(H,18,19,20). The van der Waals surface area contributed by atoms with E-state index in [9.17, 15) is 4.79 Å². The second-order valence-corrected chi connectivity index (χ2v) is 6.05. The molecule has 21 heavy (non-hydrogen) atoms. The van der Waals surface area contributed by atoms with Crippen molar-refractivity contribution in [1.82, 2.24) is 15.3 Å². The Morgan fingerprint density at radius 1 is 1.43 bits per heavy atom. The van der Waals surface area contributed by atoms with Crippen molar-refractivity contribution in [2.24, 2.45) is 0 Å². The minimum Gasteiger partial charge on any atom is -0.309 e. The van der Waals surface area contributed by atoms with Crippen LogP contribution in [0.3, 0.4) is 0 Å². The molecule has 2 N–H and O–H groups in total. The lowest BCUT2D eigenvalue weighted by atomic mass is 10.2. The maximum Gasteiger partial charge on any atom is 0.258 e. The molecule has 0 radical (unpaired) electrons. The summed E-state index contributed by atoms with van der Waals surface area (Å²) in [4.78, 5) is 19.3. The van der Waals surface area contributed by atoms with Crippen molar-refractivity contribution in [2.45, 2.75) is 19.5 Å². The molecule has 108 valence electrons. The summed E-state index contributed by atoms with van der Waals surface area (Å²) in [7, 11) is 0. The summed E-state index contributed by atoms with van der Waals surface area (Å²) >= 11 is 7.62. The van der Waals surface area contributed by atoms with Crippen LogP contribution in [0, 0.1) is 0 Å². The van der Waals surface area contributed by atoms with E-state index in [1.807, 2.05) is 5.38 Å². The Hall–Kier alpha value is -1.69. The highest BCUT2D eigenvalue weighted by molar-refractivity contribution is 7.07. The van der Waals surface area contributed by atoms with Crippen LogP contribution in [-0.2, 0) is 6.54 Å². The van der Waals surface area contributed by atoms with Crippen LogP contribution in [0.4, 0.5) is 0 Å². The quantitative estimate of drug-likeness (QED) is 0.774. The van der Waals surface area contributed by atoms with Gasteiger partial charge in [-0.2, -0.15) is 11.3 Å². The topological polar surface area (TPSA) is 57.8 Å². The summed E-state index contributed by atoms with van der Waals surface area (Å²) in [6.45, 7) is 2.58. The van der Waals surface area contributed by atoms with Crippen molar-refractivity contribution >= 4 is 33.8 Å². The molecule has 1 unspecified atom stereocenters. The van der Waals surface area contributed by atoms with Crippen LogP contribution in [0.15, 0.2) is 39.8 Å². The minimum atomic E-state index is -0.142. The van der Waals surface area contributed by atoms with Crippen LogP contribution in [0.5, 0.6) is 0 Å². The van der Waals surface area contributed by atoms with Gasteiger partial charge in [-0.25, -0.2) is 4.98 Å². The van der Waals surface area contributed by atoms with E-state index in [1.54, 1.807) is 29.5 Å². The van der Waals surface area contributed by atoms with E-state index in [0.29, 0.717) is 28.3 Å². The van der Waals surface area contributed by atoms with Gasteiger partial charge in [-0.15, -0.1) is 0 Å². The average Bonchev–Trinajstić information content (AvgIpc) is 2.98. The lowest BCUT2D eigenvalue weighted by molar-refractivity contribution is 0.561. The number of rotatable bonds is 4. The Labute approximate surface area is 130 Å². The van der Waals surface area contributed by atoms with Gasteiger partial charge in [0, 0.05) is 11.1 Å². The fourth-order valence-corrected chi connectivity index (χ4v) is 3.05. The van der Waals surface area contributed by atoms with Crippen LogP contribution in [-0.4, -0.2) is 9.97 Å². The number of aromatic nitrogens is 2. The second kappa shape index (κ2) is 5.97. The van der Waals surface area contributed by atoms with E-state index in [2.05, 4.69) is 33.7 Å². The number of fused-ring (bicyclic) bond motifs is 1. The normalized spacial score (nSPS) is 12.7. The summed E-state index contributed by atoms with van der Waals surface area (Å²) in [5.41, 5.74) is 1.70. The first-order chi connectivity index (χ1) is 10.1. The smallest absolute Gasteiger partial charge is 0.258 e. The summed E-state index contributed by atoms with van der Waals surface area (Å²) in [5.74, 6) is 0.608. The molecule has 6 heteroatoms. The van der Waals surface area contributed by atoms with Gasteiger partial charge in [0.15, 0.2) is 0 Å². The number of nitrogens with one attached hydrogen (secondary N) is 2. The zero-order valence-corrected chi connectivity index (χ0v) is 13.0. The van der Waals surface area contributed by atoms with Gasteiger partial charge < -0.3 is 10.3 Å². The van der Waals surface area contributed by atoms with Gasteiger partial charge in [-0.3, -0.25) is 4.79 Å². The number of H-pyrrole nitrogens is 1. The maximum atomic E-state index is 12.0. The predicted molar refractivity (Wildman–Crippen MR) is 86.9 cm³/mol. The van der Waals surface area contributed by atoms with Crippen molar-refractivity contribution in [2.75, 3.05) is 0 Å². The van der Waals surface area contributed by atoms with Gasteiger partial charge in [0.25, 0.3) is 5.56 Å². The van der Waals surface area contributed by atoms with Crippen molar-refractivity contribution in [3.05, 3.63) is 61.8 Å². The van der Waals surface area contributed by atoms with E-state index in [4.69, 9.17) is 11.6 Å². The SMILES string of the molecule is CC(NCc1nc2cc(Cl)ccc2c(=O)[nH]1)c1ccsc1. The van der Waals surface area contributed by atoms with E-state index in [1.165, 1.54) is 5.56 Å². The average molecular weight is 320 g/mol. The third-order valence-corrected chi connectivity index (χ3v) is 4.27. The number of benzene rings is 1. The number of hydrogen-bond acceptors (Lipinski definition) is 4. The maximum absolute atomic E-state index is 12.0. The molecule has 1 atom stereocenters. The molecule has 0 saturated carbocycles. The molecule has 4 nitrogen and oxygen atoms in total. The molecule has 3 aromatic rings. The molecule has 3 rings (SSSR count). The van der Waals surface area contributed by atoms with Gasteiger partial charge >= 0.3 is 0 Å². The fourth-order valence-electron chi connectivity index (χ4n) is 2.13. The summed E-state index contributed by atoms with van der Waals surface area (Å²) in [6.07, 6.45) is 0. The number of nitrogens with zero attached hydrogens (tertiary/aromatic N) is 1. The molecular weight excluding hydrogens is 306 g/mol. The first-order valence-electron chi connectivity index (χ1n) is 6.57. The zero-order chi connectivity index (χ0) is 14.8. The number of halogens is 1. The largest absolute Gasteiger partial charge is 0.309 e. The van der Waals surface area contributed by atoms with Crippen LogP contribution in [0.1, 0.15) is 24.4 Å². The van der Waals surface area contributed by atoms with E-state index in [-0.39, 0.29) is 11.6 Å². The van der Waals surface area contributed by atoms with E-state index in [0.717, 1.165) is 0 Å². The molecule has 0 saturated heterocycles. The lowest BCUT2D eigenvalue weighted by Gasteiger charge is -2.12. The number of hydrogen-bond donors (Lipinski definition) is 2. The van der Waals surface area contributed by atoms with Gasteiger partial charge in [-0.1, -0.05) is 11.6 Å². The van der Waals surface area contributed by atoms with E-state index >= 15 is 0 Å². The van der Waals surface area contributed by atoms with Crippen LogP contribution < -0.4 is 10.9 Å². The molecule has 0 aliphatic heterocycles. The molecule has 2 aromatic heterocycles. The molecular formula is C15H14ClN3OS. The minimum absolute atomic E-state index is 0.142. The Balaban J connectivity index is 1.83. The third-order valence-electron chi connectivity index (χ3n) is 3.34. The zero-order valence-electron chi connectivity index (χ0n) is 11.4. The molecule has 0 aliphatic carbocycles. The third kappa shape index (κ3) is 3.15. The summed E-state index contributed by atoms with van der Waals surface area (Å²) in [6, 6.07) is 7.37. The Kier molecular flexibility index (Phi) is 4.05. The van der Waals surface area contributed by atoms with Crippen molar-refractivity contribution in [3.8, 4) is 0 Å². The molecule has 0 spiro atoms. The Morgan fingerprint density at radius 2 is 2.29 bits per heavy atom. The van der Waals surface area contributed by atoms with Gasteiger partial charge in [0.1, 0.15) is 5.82 Å². The van der Waals surface area contributed by atoms with Gasteiger partial charge in [0.2, 0.25) is 0 Å². The van der Waals surface area contributed by atoms with Crippen LogP contribution in [0.2, 0.25) is 5.02 Å². The monoisotopic (exact) mass is 319 g/mol. The van der Waals surface area contributed by atoms with Gasteiger partial charge in [0.05, 0.1) is 17.4 Å². The molecule has 1 aromatic carbocycles. The molecule has 2 heterocycles. The molecule has 0 bridgehead atoms. The molecule has 0 amide bonds. The highest BCUT2D eigenvalue weighted by atomic mass is 35.5. The molecule has 0 fully saturated rings. The first-order valence-corrected chi connectivity index (χ1v) is 7.89. The fraction of sp³-hybridized carbons (Fsp3) is 0.200. The highest BCUT2D eigenvalue weighted by Crippen LogP contribution is 2.17. The van der Waals surface area contributed by atoms with Crippen molar-refractivity contribution in [3.63, 3.8) is 0 Å². The number of aromatic amines is 1. The van der Waals surface area contributed by atoms with Gasteiger partial charge in [-0.05, 0) is 47.5 Å². The van der Waals surface area contributed by atoms with Crippen LogP contribution in [0.25, 0.3) is 10.9 Å². The second-order valence-electron chi connectivity index (χ2n) is 4.83. The predicted octanol–water partition coefficient (Wildman–Crippen LogP) is 3.49. The van der Waals surface area contributed by atoms with Crippen molar-refractivity contribution in [1.29, 1.82) is 0 Å². The summed E-state index contributed by atoms with van der Waals surface area (Å²) < 4.78 is 0. The van der Waals surface area contributed by atoms with Crippen molar-refractivity contribution < 1.29 is 0 Å². The highest BCUT2D eigenvalue weighted by Gasteiger charge is 2.08. The Bertz CT molecular complexity index is 813. The Morgan fingerprint density at radius 3 is 3.05 bits per heavy atom. The van der Waals surface area contributed by atoms with E-state index < -0.39 is 0 Å². The lowest BCUT2D eigenvalue weighted by Crippen LogP contribution is -2.22.